The summed E-state index contributed by atoms with van der Waals surface area (Å²) in [6.07, 6.45) is 4.05. The zero-order valence-corrected chi connectivity index (χ0v) is 10.4. The number of nitrogens with zero attached hydrogens (tertiary/aromatic N) is 4. The molecule has 1 N–H and O–H groups in total. The molecular weight excluding hydrogens is 218 g/mol. The van der Waals surface area contributed by atoms with E-state index in [1.807, 2.05) is 25.1 Å². The van der Waals surface area contributed by atoms with Gasteiger partial charge in [0.15, 0.2) is 0 Å². The predicted molar refractivity (Wildman–Crippen MR) is 63.3 cm³/mol. The van der Waals surface area contributed by atoms with Crippen molar-refractivity contribution in [3.63, 3.8) is 0 Å². The number of hydrogen-bond donors (Lipinski definition) is 1. The minimum absolute atomic E-state index is 0.142. The van der Waals surface area contributed by atoms with Gasteiger partial charge in [-0.05, 0) is 26.8 Å². The highest BCUT2D eigenvalue weighted by Gasteiger charge is 2.25. The molecule has 2 heterocycles. The maximum atomic E-state index is 12.1. The number of rotatable bonds is 4. The van der Waals surface area contributed by atoms with E-state index in [2.05, 4.69) is 15.6 Å². The van der Waals surface area contributed by atoms with Crippen molar-refractivity contribution in [1.29, 1.82) is 0 Å². The molecule has 0 aliphatic carbocycles. The molecule has 1 aromatic heterocycles. The van der Waals surface area contributed by atoms with Crippen LogP contribution in [0.15, 0.2) is 6.20 Å². The third-order valence-electron chi connectivity index (χ3n) is 3.09. The highest BCUT2D eigenvalue weighted by molar-refractivity contribution is 5.80. The molecule has 6 heteroatoms. The number of aromatic nitrogens is 3. The fraction of sp³-hybridized carbons (Fsp3) is 0.727. The van der Waals surface area contributed by atoms with Crippen LogP contribution in [-0.2, 0) is 11.3 Å². The van der Waals surface area contributed by atoms with Crippen LogP contribution in [0.4, 0.5) is 0 Å². The van der Waals surface area contributed by atoms with E-state index >= 15 is 0 Å². The summed E-state index contributed by atoms with van der Waals surface area (Å²) in [6, 6.07) is -0.258. The first-order chi connectivity index (χ1) is 8.22. The molecule has 2 rings (SSSR count). The van der Waals surface area contributed by atoms with Gasteiger partial charge >= 0.3 is 0 Å². The maximum Gasteiger partial charge on any atom is 0.247 e. The smallest absolute Gasteiger partial charge is 0.247 e. The zero-order chi connectivity index (χ0) is 12.3. The van der Waals surface area contributed by atoms with Gasteiger partial charge in [-0.2, -0.15) is 0 Å². The normalized spacial score (nSPS) is 17.4. The summed E-state index contributed by atoms with van der Waals surface area (Å²) in [7, 11) is 1.86. The van der Waals surface area contributed by atoms with Gasteiger partial charge in [0.1, 0.15) is 6.04 Å². The van der Waals surface area contributed by atoms with Crippen molar-refractivity contribution in [2.24, 2.45) is 0 Å². The molecule has 6 nitrogen and oxygen atoms in total. The van der Waals surface area contributed by atoms with E-state index in [0.29, 0.717) is 6.54 Å². The SMILES string of the molecule is CNCc1cn(C(C)C(=O)N2CCCC2)nn1. The molecular formula is C11H19N5O. The Labute approximate surface area is 101 Å². The number of amides is 1. The van der Waals surface area contributed by atoms with Gasteiger partial charge in [0.25, 0.3) is 0 Å². The van der Waals surface area contributed by atoms with Crippen molar-refractivity contribution in [3.05, 3.63) is 11.9 Å². The standard InChI is InChI=1S/C11H19N5O/c1-9(11(17)15-5-3-4-6-15)16-8-10(7-12-2)13-14-16/h8-9,12H,3-7H2,1-2H3. The third kappa shape index (κ3) is 2.63. The van der Waals surface area contributed by atoms with Crippen LogP contribution in [0.5, 0.6) is 0 Å². The molecule has 0 bridgehead atoms. The van der Waals surface area contributed by atoms with Gasteiger partial charge < -0.3 is 10.2 Å². The van der Waals surface area contributed by atoms with Gasteiger partial charge in [-0.15, -0.1) is 5.10 Å². The van der Waals surface area contributed by atoms with Crippen LogP contribution in [0.1, 0.15) is 31.5 Å². The number of hydrogen-bond acceptors (Lipinski definition) is 4. The van der Waals surface area contributed by atoms with E-state index in [-0.39, 0.29) is 11.9 Å². The lowest BCUT2D eigenvalue weighted by Gasteiger charge is -2.19. The molecule has 1 atom stereocenters. The summed E-state index contributed by atoms with van der Waals surface area (Å²) in [4.78, 5) is 14.0. The maximum absolute atomic E-state index is 12.1. The Morgan fingerprint density at radius 1 is 1.53 bits per heavy atom. The van der Waals surface area contributed by atoms with Gasteiger partial charge in [0.2, 0.25) is 5.91 Å². The highest BCUT2D eigenvalue weighted by atomic mass is 16.2. The molecule has 0 spiro atoms. The minimum Gasteiger partial charge on any atom is -0.341 e. The predicted octanol–water partition coefficient (Wildman–Crippen LogP) is 0.181. The molecule has 1 unspecified atom stereocenters. The molecule has 17 heavy (non-hydrogen) atoms. The molecule has 0 saturated carbocycles. The van der Waals surface area contributed by atoms with Crippen LogP contribution in [-0.4, -0.2) is 45.9 Å². The van der Waals surface area contributed by atoms with Crippen molar-refractivity contribution in [1.82, 2.24) is 25.2 Å². The number of likely N-dealkylation sites (tertiary alicyclic amines) is 1. The molecule has 94 valence electrons. The second kappa shape index (κ2) is 5.27. The van der Waals surface area contributed by atoms with Crippen LogP contribution in [0.3, 0.4) is 0 Å². The molecule has 1 fully saturated rings. The van der Waals surface area contributed by atoms with Crippen LogP contribution in [0.2, 0.25) is 0 Å². The second-order valence-corrected chi connectivity index (χ2v) is 4.43. The molecule has 1 aliphatic heterocycles. The average Bonchev–Trinajstić information content (AvgIpc) is 2.98. The zero-order valence-electron chi connectivity index (χ0n) is 10.4. The van der Waals surface area contributed by atoms with Crippen LogP contribution < -0.4 is 5.32 Å². The summed E-state index contributed by atoms with van der Waals surface area (Å²) in [5.41, 5.74) is 0.855. The number of nitrogens with one attached hydrogen (secondary N) is 1. The Morgan fingerprint density at radius 3 is 2.88 bits per heavy atom. The highest BCUT2D eigenvalue weighted by Crippen LogP contribution is 2.14. The lowest BCUT2D eigenvalue weighted by Crippen LogP contribution is -2.34. The molecule has 1 aromatic rings. The summed E-state index contributed by atoms with van der Waals surface area (Å²) >= 11 is 0. The van der Waals surface area contributed by atoms with Gasteiger partial charge in [-0.25, -0.2) is 4.68 Å². The van der Waals surface area contributed by atoms with E-state index < -0.39 is 0 Å². The molecule has 1 saturated heterocycles. The van der Waals surface area contributed by atoms with E-state index in [1.165, 1.54) is 0 Å². The molecule has 1 amide bonds. The number of carbonyl (C=O) groups excluding carboxylic acids is 1. The van der Waals surface area contributed by atoms with Gasteiger partial charge in [0.05, 0.1) is 11.9 Å². The van der Waals surface area contributed by atoms with Gasteiger partial charge in [0, 0.05) is 19.6 Å². The van der Waals surface area contributed by atoms with E-state index in [0.717, 1.165) is 31.6 Å². The second-order valence-electron chi connectivity index (χ2n) is 4.43. The van der Waals surface area contributed by atoms with Crippen molar-refractivity contribution in [2.75, 3.05) is 20.1 Å². The number of carbonyl (C=O) groups is 1. The Bertz CT molecular complexity index is 383. The summed E-state index contributed by atoms with van der Waals surface area (Å²) in [6.45, 7) is 4.30. The van der Waals surface area contributed by atoms with E-state index in [4.69, 9.17) is 0 Å². The fourth-order valence-corrected chi connectivity index (χ4v) is 2.08. The van der Waals surface area contributed by atoms with Crippen molar-refractivity contribution in [3.8, 4) is 0 Å². The largest absolute Gasteiger partial charge is 0.341 e. The lowest BCUT2D eigenvalue weighted by molar-refractivity contribution is -0.133. The first kappa shape index (κ1) is 12.0. The van der Waals surface area contributed by atoms with Crippen LogP contribution >= 0.6 is 0 Å². The van der Waals surface area contributed by atoms with Crippen LogP contribution in [0, 0.1) is 0 Å². The Hall–Kier alpha value is -1.43. The Morgan fingerprint density at radius 2 is 2.24 bits per heavy atom. The lowest BCUT2D eigenvalue weighted by atomic mass is 10.3. The van der Waals surface area contributed by atoms with Crippen LogP contribution in [0.25, 0.3) is 0 Å². The first-order valence-electron chi connectivity index (χ1n) is 6.06. The Kier molecular flexibility index (Phi) is 3.73. The summed E-state index contributed by atoms with van der Waals surface area (Å²) in [5, 5.41) is 11.0. The van der Waals surface area contributed by atoms with E-state index in [9.17, 15) is 4.79 Å². The topological polar surface area (TPSA) is 63.1 Å². The Balaban J connectivity index is 2.02. The van der Waals surface area contributed by atoms with Crippen molar-refractivity contribution < 1.29 is 4.79 Å². The summed E-state index contributed by atoms with van der Waals surface area (Å²) < 4.78 is 1.65. The minimum atomic E-state index is -0.258. The third-order valence-corrected chi connectivity index (χ3v) is 3.09. The van der Waals surface area contributed by atoms with E-state index in [1.54, 1.807) is 4.68 Å². The quantitative estimate of drug-likeness (QED) is 0.811. The molecule has 0 radical (unpaired) electrons. The average molecular weight is 237 g/mol. The first-order valence-corrected chi connectivity index (χ1v) is 6.06. The molecule has 1 aliphatic rings. The molecule has 0 aromatic carbocycles. The summed E-state index contributed by atoms with van der Waals surface area (Å²) in [5.74, 6) is 0.142. The van der Waals surface area contributed by atoms with Gasteiger partial charge in [-0.1, -0.05) is 5.21 Å². The fourth-order valence-electron chi connectivity index (χ4n) is 2.08. The van der Waals surface area contributed by atoms with Crippen molar-refractivity contribution in [2.45, 2.75) is 32.4 Å². The monoisotopic (exact) mass is 237 g/mol. The van der Waals surface area contributed by atoms with Crippen molar-refractivity contribution >= 4 is 5.91 Å². The van der Waals surface area contributed by atoms with Gasteiger partial charge in [-0.3, -0.25) is 4.79 Å².